The number of hydrogen-bond acceptors (Lipinski definition) is 3. The Kier molecular flexibility index (Phi) is 6.26. The highest BCUT2D eigenvalue weighted by atomic mass is 19.1. The summed E-state index contributed by atoms with van der Waals surface area (Å²) in [5, 5.41) is 3.33. The van der Waals surface area contributed by atoms with Crippen molar-refractivity contribution in [3.63, 3.8) is 0 Å². The van der Waals surface area contributed by atoms with Gasteiger partial charge in [0.05, 0.1) is 6.67 Å². The van der Waals surface area contributed by atoms with Gasteiger partial charge in [0.15, 0.2) is 0 Å². The molecule has 0 spiro atoms. The van der Waals surface area contributed by atoms with E-state index in [0.29, 0.717) is 12.6 Å². The summed E-state index contributed by atoms with van der Waals surface area (Å²) < 4.78 is 13.1. The van der Waals surface area contributed by atoms with E-state index in [9.17, 15) is 9.18 Å². The number of primary amides is 1. The van der Waals surface area contributed by atoms with Crippen LogP contribution in [0.5, 0.6) is 0 Å². The van der Waals surface area contributed by atoms with E-state index in [2.05, 4.69) is 10.2 Å². The maximum Gasteiger partial charge on any atom is 0.316 e. The number of carbonyl (C=O) groups is 1. The number of likely N-dealkylation sites (tertiary alicyclic amines) is 1. The van der Waals surface area contributed by atoms with Crippen LogP contribution in [-0.2, 0) is 6.42 Å². The molecule has 3 N–H and O–H groups in total. The summed E-state index contributed by atoms with van der Waals surface area (Å²) in [7, 11) is 0. The lowest BCUT2D eigenvalue weighted by molar-refractivity contribution is 0.0755. The van der Waals surface area contributed by atoms with Crippen LogP contribution in [0.4, 0.5) is 9.18 Å². The van der Waals surface area contributed by atoms with Gasteiger partial charge in [0.2, 0.25) is 0 Å². The van der Waals surface area contributed by atoms with Crippen molar-refractivity contribution in [1.82, 2.24) is 15.1 Å². The lowest BCUT2D eigenvalue weighted by atomic mass is 9.91. The molecule has 2 saturated heterocycles. The lowest BCUT2D eigenvalue weighted by Gasteiger charge is -2.40. The maximum absolute atomic E-state index is 13.1. The summed E-state index contributed by atoms with van der Waals surface area (Å²) in [6.07, 6.45) is 5.20. The molecule has 0 unspecified atom stereocenters. The molecule has 0 aliphatic carbocycles. The largest absolute Gasteiger partial charge is 0.351 e. The van der Waals surface area contributed by atoms with Crippen molar-refractivity contribution < 1.29 is 9.18 Å². The molecule has 1 aromatic carbocycles. The summed E-state index contributed by atoms with van der Waals surface area (Å²) in [5.74, 6) is 0.357. The molecule has 2 aliphatic rings. The van der Waals surface area contributed by atoms with Gasteiger partial charge in [-0.15, -0.1) is 0 Å². The third-order valence-electron chi connectivity index (χ3n) is 5.43. The third-order valence-corrected chi connectivity index (χ3v) is 5.43. The minimum Gasteiger partial charge on any atom is -0.351 e. The van der Waals surface area contributed by atoms with Crippen molar-refractivity contribution in [1.29, 1.82) is 0 Å². The van der Waals surface area contributed by atoms with E-state index in [0.717, 1.165) is 51.9 Å². The fourth-order valence-corrected chi connectivity index (χ4v) is 4.10. The summed E-state index contributed by atoms with van der Waals surface area (Å²) in [6.45, 7) is 4.49. The van der Waals surface area contributed by atoms with Crippen LogP contribution in [0.1, 0.15) is 31.2 Å². The van der Waals surface area contributed by atoms with E-state index in [-0.39, 0.29) is 17.9 Å². The number of amides is 2. The first kappa shape index (κ1) is 18.1. The summed E-state index contributed by atoms with van der Waals surface area (Å²) in [5.41, 5.74) is 6.84. The number of benzene rings is 1. The zero-order valence-corrected chi connectivity index (χ0v) is 14.8. The van der Waals surface area contributed by atoms with Crippen molar-refractivity contribution in [3.8, 4) is 0 Å². The van der Waals surface area contributed by atoms with Crippen molar-refractivity contribution in [2.24, 2.45) is 11.7 Å². The molecule has 3 rings (SSSR count). The molecule has 2 amide bonds. The number of rotatable bonds is 5. The van der Waals surface area contributed by atoms with Crippen LogP contribution in [0, 0.1) is 11.7 Å². The van der Waals surface area contributed by atoms with E-state index < -0.39 is 0 Å². The van der Waals surface area contributed by atoms with E-state index in [1.54, 1.807) is 0 Å². The molecule has 0 bridgehead atoms. The molecule has 138 valence electrons. The van der Waals surface area contributed by atoms with Crippen LogP contribution in [0.3, 0.4) is 0 Å². The van der Waals surface area contributed by atoms with Crippen LogP contribution >= 0.6 is 0 Å². The third kappa shape index (κ3) is 5.16. The smallest absolute Gasteiger partial charge is 0.316 e. The topological polar surface area (TPSA) is 61.6 Å². The fraction of sp³-hybridized carbons (Fsp3) is 0.632. The molecule has 1 atom stereocenters. The number of carbonyl (C=O) groups excluding carboxylic acids is 1. The predicted octanol–water partition coefficient (Wildman–Crippen LogP) is 2.17. The second-order valence-corrected chi connectivity index (χ2v) is 7.35. The molecule has 2 heterocycles. The molecule has 5 nitrogen and oxygen atoms in total. The number of urea groups is 1. The Bertz CT molecular complexity index is 559. The van der Waals surface area contributed by atoms with Gasteiger partial charge < -0.3 is 16.0 Å². The molecule has 2 fully saturated rings. The first-order valence-corrected chi connectivity index (χ1v) is 9.35. The average Bonchev–Trinajstić information content (AvgIpc) is 2.62. The normalized spacial score (nSPS) is 22.7. The van der Waals surface area contributed by atoms with Crippen molar-refractivity contribution >= 4 is 6.03 Å². The minimum absolute atomic E-state index is 0.187. The molecular weight excluding hydrogens is 319 g/mol. The summed E-state index contributed by atoms with van der Waals surface area (Å²) >= 11 is 0. The highest BCUT2D eigenvalue weighted by Gasteiger charge is 2.28. The highest BCUT2D eigenvalue weighted by molar-refractivity contribution is 5.72. The van der Waals surface area contributed by atoms with Gasteiger partial charge in [0.1, 0.15) is 5.82 Å². The average molecular weight is 348 g/mol. The zero-order valence-electron chi connectivity index (χ0n) is 14.8. The zero-order chi connectivity index (χ0) is 17.6. The van der Waals surface area contributed by atoms with E-state index in [1.807, 2.05) is 17.0 Å². The van der Waals surface area contributed by atoms with Gasteiger partial charge in [-0.1, -0.05) is 12.1 Å². The number of nitrogens with two attached hydrogens (primary N) is 1. The molecular formula is C19H29FN4O. The van der Waals surface area contributed by atoms with E-state index >= 15 is 0 Å². The van der Waals surface area contributed by atoms with Gasteiger partial charge in [-0.05, 0) is 75.4 Å². The Labute approximate surface area is 149 Å². The minimum atomic E-state index is -0.312. The fourth-order valence-electron chi connectivity index (χ4n) is 4.10. The van der Waals surface area contributed by atoms with E-state index in [1.165, 1.54) is 24.1 Å². The molecule has 25 heavy (non-hydrogen) atoms. The van der Waals surface area contributed by atoms with Gasteiger partial charge >= 0.3 is 6.03 Å². The van der Waals surface area contributed by atoms with Crippen LogP contribution in [-0.4, -0.2) is 54.7 Å². The lowest BCUT2D eigenvalue weighted by Crippen LogP contribution is -2.54. The molecule has 0 radical (unpaired) electrons. The van der Waals surface area contributed by atoms with E-state index in [4.69, 9.17) is 5.73 Å². The maximum atomic E-state index is 13.1. The molecule has 0 saturated carbocycles. The Balaban J connectivity index is 1.56. The number of hydrogen-bond donors (Lipinski definition) is 2. The van der Waals surface area contributed by atoms with Crippen molar-refractivity contribution in [2.75, 3.05) is 32.8 Å². The quantitative estimate of drug-likeness (QED) is 0.857. The standard InChI is InChI=1S/C19H29FN4O/c20-17-5-3-15(4-6-17)12-16-2-1-11-23(13-16)14-24(19(21)25)18-7-9-22-10-8-18/h3-6,16,18,22H,1-2,7-14H2,(H2,21,25)/t16-/m0/s1. The SMILES string of the molecule is NC(=O)N(CN1CCC[C@@H](Cc2ccc(F)cc2)C1)C1CCNCC1. The number of halogens is 1. The van der Waals surface area contributed by atoms with Gasteiger partial charge in [0.25, 0.3) is 0 Å². The second-order valence-electron chi connectivity index (χ2n) is 7.35. The molecule has 6 heteroatoms. The Hall–Kier alpha value is -1.66. The number of piperidine rings is 2. The van der Waals surface area contributed by atoms with Crippen LogP contribution in [0.25, 0.3) is 0 Å². The van der Waals surface area contributed by atoms with Crippen LogP contribution in [0.2, 0.25) is 0 Å². The Morgan fingerprint density at radius 3 is 2.64 bits per heavy atom. The van der Waals surface area contributed by atoms with Gasteiger partial charge in [-0.2, -0.15) is 0 Å². The second kappa shape index (κ2) is 8.63. The Morgan fingerprint density at radius 2 is 1.96 bits per heavy atom. The van der Waals surface area contributed by atoms with Crippen LogP contribution < -0.4 is 11.1 Å². The van der Waals surface area contributed by atoms with Crippen molar-refractivity contribution in [2.45, 2.75) is 38.1 Å². The molecule has 2 aliphatic heterocycles. The summed E-state index contributed by atoms with van der Waals surface area (Å²) in [6, 6.07) is 6.74. The number of nitrogens with zero attached hydrogens (tertiary/aromatic N) is 2. The highest BCUT2D eigenvalue weighted by Crippen LogP contribution is 2.22. The molecule has 1 aromatic rings. The van der Waals surface area contributed by atoms with Gasteiger partial charge in [-0.25, -0.2) is 9.18 Å². The number of nitrogens with one attached hydrogen (secondary N) is 1. The van der Waals surface area contributed by atoms with Gasteiger partial charge in [-0.3, -0.25) is 4.90 Å². The predicted molar refractivity (Wildman–Crippen MR) is 96.6 cm³/mol. The van der Waals surface area contributed by atoms with Crippen LogP contribution in [0.15, 0.2) is 24.3 Å². The van der Waals surface area contributed by atoms with Crippen molar-refractivity contribution in [3.05, 3.63) is 35.6 Å². The van der Waals surface area contributed by atoms with Gasteiger partial charge in [0, 0.05) is 12.6 Å². The first-order chi connectivity index (χ1) is 12.1. The first-order valence-electron chi connectivity index (χ1n) is 9.35. The Morgan fingerprint density at radius 1 is 1.24 bits per heavy atom. The summed E-state index contributed by atoms with van der Waals surface area (Å²) in [4.78, 5) is 16.1. The monoisotopic (exact) mass is 348 g/mol. The molecule has 0 aromatic heterocycles.